The minimum Gasteiger partial charge on any atom is -0.392 e. The summed E-state index contributed by atoms with van der Waals surface area (Å²) in [5.41, 5.74) is 2.76. The molecule has 11 heteroatoms. The van der Waals surface area contributed by atoms with Crippen LogP contribution in [0.4, 0.5) is 5.69 Å². The van der Waals surface area contributed by atoms with Gasteiger partial charge in [-0.1, -0.05) is 84.0 Å². The van der Waals surface area contributed by atoms with E-state index in [9.17, 15) is 14.7 Å². The first kappa shape index (κ1) is 34.4. The van der Waals surface area contributed by atoms with E-state index in [2.05, 4.69) is 15.5 Å². The van der Waals surface area contributed by atoms with Crippen LogP contribution in [-0.2, 0) is 25.7 Å². The summed E-state index contributed by atoms with van der Waals surface area (Å²) in [7, 11) is 0. The smallest absolute Gasteiger partial charge is 0.276 e. The zero-order chi connectivity index (χ0) is 32.4. The molecule has 2 amide bonds. The average molecular weight is 681 g/mol. The number of hydrogen-bond acceptors (Lipinski definition) is 6. The summed E-state index contributed by atoms with van der Waals surface area (Å²) < 4.78 is 11.1. The number of aliphatic hydroxyl groups excluding tert-OH is 1. The van der Waals surface area contributed by atoms with Crippen LogP contribution < -0.4 is 10.6 Å². The van der Waals surface area contributed by atoms with Gasteiger partial charge in [-0.05, 0) is 75.6 Å². The number of ether oxygens (including phenoxy) is 2. The summed E-state index contributed by atoms with van der Waals surface area (Å²) in [5, 5.41) is 15.4. The van der Waals surface area contributed by atoms with Gasteiger partial charge in [-0.15, -0.1) is 0 Å². The minimum atomic E-state index is -2.08. The van der Waals surface area contributed by atoms with E-state index in [1.165, 1.54) is 19.3 Å². The number of aliphatic hydroxyl groups is 1. The lowest BCUT2D eigenvalue weighted by atomic mass is 9.75. The summed E-state index contributed by atoms with van der Waals surface area (Å²) >= 11 is 17.1. The molecular formula is C34H44Cl3N3O5. The van der Waals surface area contributed by atoms with Crippen LogP contribution in [0, 0.1) is 5.92 Å². The van der Waals surface area contributed by atoms with E-state index in [0.29, 0.717) is 30.6 Å². The molecule has 0 bridgehead atoms. The predicted octanol–water partition coefficient (Wildman–Crippen LogP) is 6.97. The van der Waals surface area contributed by atoms with E-state index in [1.54, 1.807) is 12.1 Å². The number of alkyl halides is 3. The second-order valence-corrected chi connectivity index (χ2v) is 15.8. The molecular weight excluding hydrogens is 637 g/mol. The topological polar surface area (TPSA) is 100 Å². The number of benzene rings is 2. The minimum absolute atomic E-state index is 0.0309. The van der Waals surface area contributed by atoms with Crippen molar-refractivity contribution in [2.45, 2.75) is 112 Å². The Balaban J connectivity index is 1.40. The first-order valence-corrected chi connectivity index (χ1v) is 17.0. The van der Waals surface area contributed by atoms with Crippen molar-refractivity contribution in [2.24, 2.45) is 5.92 Å². The van der Waals surface area contributed by atoms with Gasteiger partial charge in [-0.25, -0.2) is 0 Å². The Morgan fingerprint density at radius 1 is 0.911 bits per heavy atom. The molecule has 1 aliphatic carbocycles. The number of carbonyl (C=O) groups excluding carboxylic acids is 2. The van der Waals surface area contributed by atoms with Crippen LogP contribution in [0.3, 0.4) is 0 Å². The first-order chi connectivity index (χ1) is 21.3. The number of likely N-dealkylation sites (tertiary alicyclic amines) is 1. The SMILES string of the molecule is CC(C)(C)NC(=O)C1CCC2CCCCC2N1CC1CC(c2ccc(CO)cc2)OC(c2ccc(NC(=O)C(Cl)(Cl)Cl)cc2)O1. The fraction of sp³-hybridized carbons (Fsp3) is 0.588. The van der Waals surface area contributed by atoms with Crippen LogP contribution in [0.1, 0.15) is 94.8 Å². The number of hydrogen-bond donors (Lipinski definition) is 3. The van der Waals surface area contributed by atoms with Crippen molar-refractivity contribution in [1.82, 2.24) is 10.2 Å². The standard InChI is InChI=1S/C34H44Cl3N3O5/c1-33(2,3)39-30(42)28-17-14-22-6-4-5-7-27(22)40(28)19-26-18-29(23-10-8-21(20-41)9-11-23)45-31(44-26)24-12-15-25(16-13-24)38-32(43)34(35,36)37/h8-13,15-16,22,26-29,31,41H,4-7,14,17-20H2,1-3H3,(H,38,43)(H,39,42). The van der Waals surface area contributed by atoms with Gasteiger partial charge in [0.15, 0.2) is 6.29 Å². The molecule has 2 saturated heterocycles. The van der Waals surface area contributed by atoms with Crippen LogP contribution in [0.25, 0.3) is 0 Å². The van der Waals surface area contributed by atoms with Crippen molar-refractivity contribution in [3.05, 3.63) is 65.2 Å². The Bertz CT molecular complexity index is 1310. The van der Waals surface area contributed by atoms with Gasteiger partial charge in [0.05, 0.1) is 24.9 Å². The molecule has 0 spiro atoms. The highest BCUT2D eigenvalue weighted by Crippen LogP contribution is 2.42. The van der Waals surface area contributed by atoms with Crippen molar-refractivity contribution >= 4 is 52.3 Å². The summed E-state index contributed by atoms with van der Waals surface area (Å²) in [6.07, 6.45) is 6.07. The summed E-state index contributed by atoms with van der Waals surface area (Å²) in [6, 6.07) is 15.0. The molecule has 1 saturated carbocycles. The largest absolute Gasteiger partial charge is 0.392 e. The fourth-order valence-corrected chi connectivity index (χ4v) is 7.06. The van der Waals surface area contributed by atoms with Gasteiger partial charge >= 0.3 is 0 Å². The average Bonchev–Trinajstić information content (AvgIpc) is 3.00. The predicted molar refractivity (Wildman–Crippen MR) is 177 cm³/mol. The highest BCUT2D eigenvalue weighted by atomic mass is 35.6. The normalized spacial score (nSPS) is 27.8. The van der Waals surface area contributed by atoms with Crippen LogP contribution in [0.2, 0.25) is 0 Å². The highest BCUT2D eigenvalue weighted by molar-refractivity contribution is 6.76. The third kappa shape index (κ3) is 8.92. The van der Waals surface area contributed by atoms with E-state index in [0.717, 1.165) is 36.0 Å². The Labute approximate surface area is 281 Å². The maximum absolute atomic E-state index is 13.6. The monoisotopic (exact) mass is 679 g/mol. The quantitative estimate of drug-likeness (QED) is 0.273. The summed E-state index contributed by atoms with van der Waals surface area (Å²) in [6.45, 7) is 6.65. The number of fused-ring (bicyclic) bond motifs is 1. The van der Waals surface area contributed by atoms with Crippen molar-refractivity contribution in [2.75, 3.05) is 11.9 Å². The lowest BCUT2D eigenvalue weighted by Crippen LogP contribution is -2.61. The number of anilines is 1. The van der Waals surface area contributed by atoms with Gasteiger partial charge in [0.25, 0.3) is 9.70 Å². The van der Waals surface area contributed by atoms with Crippen molar-refractivity contribution in [3.63, 3.8) is 0 Å². The molecule has 6 unspecified atom stereocenters. The summed E-state index contributed by atoms with van der Waals surface area (Å²) in [4.78, 5) is 28.2. The molecule has 3 fully saturated rings. The van der Waals surface area contributed by atoms with E-state index < -0.39 is 16.0 Å². The third-order valence-corrected chi connectivity index (χ3v) is 9.55. The third-order valence-electron chi connectivity index (χ3n) is 9.03. The van der Waals surface area contributed by atoms with Gasteiger partial charge < -0.3 is 25.2 Å². The number of nitrogens with one attached hydrogen (secondary N) is 2. The lowest BCUT2D eigenvalue weighted by molar-refractivity contribution is -0.255. The number of amides is 2. The Morgan fingerprint density at radius 3 is 2.22 bits per heavy atom. The van der Waals surface area contributed by atoms with Crippen molar-refractivity contribution in [1.29, 1.82) is 0 Å². The molecule has 3 N–H and O–H groups in total. The second kappa shape index (κ2) is 14.5. The van der Waals surface area contributed by atoms with Crippen molar-refractivity contribution < 1.29 is 24.2 Å². The highest BCUT2D eigenvalue weighted by Gasteiger charge is 2.44. The zero-order valence-electron chi connectivity index (χ0n) is 26.1. The maximum atomic E-state index is 13.6. The first-order valence-electron chi connectivity index (χ1n) is 15.9. The number of carbonyl (C=O) groups is 2. The van der Waals surface area contributed by atoms with Gasteiger partial charge in [-0.2, -0.15) is 0 Å². The van der Waals surface area contributed by atoms with Crippen LogP contribution >= 0.6 is 34.8 Å². The van der Waals surface area contributed by atoms with E-state index in [-0.39, 0.29) is 36.3 Å². The van der Waals surface area contributed by atoms with Crippen molar-refractivity contribution in [3.8, 4) is 0 Å². The number of piperidine rings is 1. The van der Waals surface area contributed by atoms with Gasteiger partial charge in [-0.3, -0.25) is 14.5 Å². The Kier molecular flexibility index (Phi) is 11.1. The van der Waals surface area contributed by atoms with Gasteiger partial charge in [0.1, 0.15) is 0 Å². The molecule has 5 rings (SSSR count). The molecule has 45 heavy (non-hydrogen) atoms. The van der Waals surface area contributed by atoms with E-state index in [1.807, 2.05) is 57.2 Å². The molecule has 2 aromatic rings. The molecule has 246 valence electrons. The van der Waals surface area contributed by atoms with Crippen LogP contribution in [0.15, 0.2) is 48.5 Å². The number of halogens is 3. The molecule has 2 heterocycles. The van der Waals surface area contributed by atoms with Crippen LogP contribution in [0.5, 0.6) is 0 Å². The fourth-order valence-electron chi connectivity index (χ4n) is 6.92. The second-order valence-electron chi connectivity index (χ2n) is 13.6. The molecule has 8 nitrogen and oxygen atoms in total. The van der Waals surface area contributed by atoms with Crippen LogP contribution in [-0.4, -0.2) is 55.9 Å². The molecule has 2 aliphatic heterocycles. The Hall–Kier alpha value is -1.91. The molecule has 0 aromatic heterocycles. The molecule has 6 atom stereocenters. The van der Waals surface area contributed by atoms with E-state index >= 15 is 0 Å². The molecule has 2 aromatic carbocycles. The zero-order valence-corrected chi connectivity index (χ0v) is 28.4. The summed E-state index contributed by atoms with van der Waals surface area (Å²) in [5.74, 6) is -0.0754. The van der Waals surface area contributed by atoms with E-state index in [4.69, 9.17) is 44.3 Å². The lowest BCUT2D eigenvalue weighted by Gasteiger charge is -2.50. The molecule has 0 radical (unpaired) electrons. The maximum Gasteiger partial charge on any atom is 0.276 e. The number of nitrogens with zero attached hydrogens (tertiary/aromatic N) is 1. The molecule has 3 aliphatic rings. The number of rotatable bonds is 7. The Morgan fingerprint density at radius 2 is 1.58 bits per heavy atom. The van der Waals surface area contributed by atoms with Gasteiger partial charge in [0.2, 0.25) is 5.91 Å². The van der Waals surface area contributed by atoms with Gasteiger partial charge in [0, 0.05) is 35.8 Å².